The zero-order chi connectivity index (χ0) is 13.4. The van der Waals surface area contributed by atoms with Gasteiger partial charge in [-0.05, 0) is 29.9 Å². The van der Waals surface area contributed by atoms with Gasteiger partial charge in [0, 0.05) is 13.0 Å². The summed E-state index contributed by atoms with van der Waals surface area (Å²) in [6.45, 7) is 4.73. The molecule has 0 aliphatic carbocycles. The monoisotopic (exact) mass is 249 g/mol. The van der Waals surface area contributed by atoms with E-state index in [1.54, 1.807) is 0 Å². The highest BCUT2D eigenvalue weighted by Crippen LogP contribution is 2.15. The Morgan fingerprint density at radius 1 is 1.28 bits per heavy atom. The predicted octanol–water partition coefficient (Wildman–Crippen LogP) is 1.93. The van der Waals surface area contributed by atoms with Crippen molar-refractivity contribution in [3.05, 3.63) is 35.4 Å². The lowest BCUT2D eigenvalue weighted by Gasteiger charge is -2.11. The number of hydrogen-bond donors (Lipinski definition) is 2. The van der Waals surface area contributed by atoms with Crippen molar-refractivity contribution in [2.45, 2.75) is 33.1 Å². The van der Waals surface area contributed by atoms with Gasteiger partial charge in [-0.15, -0.1) is 0 Å². The molecule has 0 saturated carbocycles. The topological polar surface area (TPSA) is 49.3 Å². The molecule has 0 spiro atoms. The highest BCUT2D eigenvalue weighted by molar-refractivity contribution is 5.76. The molecule has 0 saturated heterocycles. The molecule has 1 aromatic carbocycles. The lowest BCUT2D eigenvalue weighted by molar-refractivity contribution is -0.121. The van der Waals surface area contributed by atoms with Crippen LogP contribution in [0.5, 0.6) is 0 Å². The van der Waals surface area contributed by atoms with Crippen LogP contribution < -0.4 is 5.32 Å². The first-order chi connectivity index (χ1) is 8.63. The maximum Gasteiger partial charge on any atom is 0.220 e. The summed E-state index contributed by atoms with van der Waals surface area (Å²) >= 11 is 0. The Kier molecular flexibility index (Phi) is 6.44. The van der Waals surface area contributed by atoms with Gasteiger partial charge in [0.25, 0.3) is 0 Å². The molecule has 1 rings (SSSR count). The van der Waals surface area contributed by atoms with Crippen molar-refractivity contribution in [1.82, 2.24) is 5.32 Å². The maximum atomic E-state index is 11.5. The minimum absolute atomic E-state index is 0.00315. The van der Waals surface area contributed by atoms with Crippen LogP contribution in [0.2, 0.25) is 0 Å². The number of aliphatic hydroxyl groups is 1. The molecule has 0 bridgehead atoms. The maximum absolute atomic E-state index is 11.5. The van der Waals surface area contributed by atoms with Crippen molar-refractivity contribution >= 4 is 5.91 Å². The number of hydrogen-bond acceptors (Lipinski definition) is 2. The lowest BCUT2D eigenvalue weighted by Crippen LogP contribution is -2.26. The van der Waals surface area contributed by atoms with Gasteiger partial charge in [-0.1, -0.05) is 38.1 Å². The quantitative estimate of drug-likeness (QED) is 0.775. The number of aliphatic hydroxyl groups excluding tert-OH is 1. The summed E-state index contributed by atoms with van der Waals surface area (Å²) in [5.41, 5.74) is 2.59. The second kappa shape index (κ2) is 7.88. The number of benzene rings is 1. The van der Waals surface area contributed by atoms with Crippen LogP contribution in [-0.2, 0) is 17.6 Å². The summed E-state index contributed by atoms with van der Waals surface area (Å²) in [5.74, 6) is 0.623. The van der Waals surface area contributed by atoms with Gasteiger partial charge in [0.05, 0.1) is 6.61 Å². The lowest BCUT2D eigenvalue weighted by atomic mass is 9.95. The number of rotatable bonds is 7. The van der Waals surface area contributed by atoms with E-state index < -0.39 is 0 Å². The first-order valence-corrected chi connectivity index (χ1v) is 6.57. The Bertz CT molecular complexity index is 375. The van der Waals surface area contributed by atoms with E-state index in [4.69, 9.17) is 5.11 Å². The van der Waals surface area contributed by atoms with Gasteiger partial charge in [-0.2, -0.15) is 0 Å². The van der Waals surface area contributed by atoms with E-state index in [0.29, 0.717) is 18.9 Å². The molecule has 0 aromatic heterocycles. The third-order valence-corrected chi connectivity index (χ3v) is 2.80. The Labute approximate surface area is 109 Å². The Morgan fingerprint density at radius 2 is 1.94 bits per heavy atom. The number of nitrogens with one attached hydrogen (secondary N) is 1. The van der Waals surface area contributed by atoms with Crippen molar-refractivity contribution in [1.29, 1.82) is 0 Å². The Morgan fingerprint density at radius 3 is 2.56 bits per heavy atom. The molecule has 0 radical (unpaired) electrons. The highest BCUT2D eigenvalue weighted by atomic mass is 16.3. The molecule has 18 heavy (non-hydrogen) atoms. The van der Waals surface area contributed by atoms with E-state index in [9.17, 15) is 4.79 Å². The molecule has 1 aromatic rings. The second-order valence-corrected chi connectivity index (χ2v) is 4.94. The fourth-order valence-corrected chi connectivity index (χ4v) is 1.97. The molecule has 0 aliphatic heterocycles. The second-order valence-electron chi connectivity index (χ2n) is 4.94. The van der Waals surface area contributed by atoms with Gasteiger partial charge >= 0.3 is 0 Å². The SMILES string of the molecule is CC(C)Cc1ccccc1CCC(=O)NCCO. The zero-order valence-electron chi connectivity index (χ0n) is 11.3. The fourth-order valence-electron chi connectivity index (χ4n) is 1.97. The summed E-state index contributed by atoms with van der Waals surface area (Å²) in [4.78, 5) is 11.5. The third-order valence-electron chi connectivity index (χ3n) is 2.80. The van der Waals surface area contributed by atoms with Crippen LogP contribution >= 0.6 is 0 Å². The standard InChI is InChI=1S/C15H23NO2/c1-12(2)11-14-6-4-3-5-13(14)7-8-15(18)16-9-10-17/h3-6,12,17H,7-11H2,1-2H3,(H,16,18). The molecule has 0 atom stereocenters. The van der Waals surface area contributed by atoms with Crippen LogP contribution in [0, 0.1) is 5.92 Å². The van der Waals surface area contributed by atoms with Gasteiger partial charge in [0.1, 0.15) is 0 Å². The summed E-state index contributed by atoms with van der Waals surface area (Å²) in [6.07, 6.45) is 2.30. The molecule has 0 unspecified atom stereocenters. The van der Waals surface area contributed by atoms with E-state index in [-0.39, 0.29) is 12.5 Å². The predicted molar refractivity (Wildman–Crippen MR) is 73.4 cm³/mol. The van der Waals surface area contributed by atoms with Crippen LogP contribution in [0.15, 0.2) is 24.3 Å². The van der Waals surface area contributed by atoms with Crippen LogP contribution in [-0.4, -0.2) is 24.2 Å². The largest absolute Gasteiger partial charge is 0.395 e. The van der Waals surface area contributed by atoms with Gasteiger partial charge in [0.2, 0.25) is 5.91 Å². The van der Waals surface area contributed by atoms with Crippen molar-refractivity contribution in [3.8, 4) is 0 Å². The molecule has 3 heteroatoms. The van der Waals surface area contributed by atoms with Crippen LogP contribution in [0.3, 0.4) is 0 Å². The molecular weight excluding hydrogens is 226 g/mol. The summed E-state index contributed by atoms with van der Waals surface area (Å²) in [7, 11) is 0. The van der Waals surface area contributed by atoms with Crippen molar-refractivity contribution < 1.29 is 9.90 Å². The van der Waals surface area contributed by atoms with E-state index >= 15 is 0 Å². The number of amides is 1. The van der Waals surface area contributed by atoms with Crippen molar-refractivity contribution in [3.63, 3.8) is 0 Å². The summed E-state index contributed by atoms with van der Waals surface area (Å²) in [6, 6.07) is 8.30. The minimum Gasteiger partial charge on any atom is -0.395 e. The highest BCUT2D eigenvalue weighted by Gasteiger charge is 2.06. The molecule has 3 nitrogen and oxygen atoms in total. The molecule has 2 N–H and O–H groups in total. The van der Waals surface area contributed by atoms with E-state index in [1.807, 2.05) is 12.1 Å². The smallest absolute Gasteiger partial charge is 0.220 e. The minimum atomic E-state index is -0.00429. The third kappa shape index (κ3) is 5.32. The van der Waals surface area contributed by atoms with Gasteiger partial charge in [0.15, 0.2) is 0 Å². The van der Waals surface area contributed by atoms with Crippen molar-refractivity contribution in [2.24, 2.45) is 5.92 Å². The molecule has 1 amide bonds. The molecule has 0 heterocycles. The molecule has 0 fully saturated rings. The average Bonchev–Trinajstić information content (AvgIpc) is 2.34. The summed E-state index contributed by atoms with van der Waals surface area (Å²) < 4.78 is 0. The molecule has 100 valence electrons. The van der Waals surface area contributed by atoms with Crippen LogP contribution in [0.4, 0.5) is 0 Å². The number of carbonyl (C=O) groups is 1. The Hall–Kier alpha value is -1.35. The van der Waals surface area contributed by atoms with Crippen LogP contribution in [0.25, 0.3) is 0 Å². The van der Waals surface area contributed by atoms with E-state index in [0.717, 1.165) is 12.8 Å². The zero-order valence-corrected chi connectivity index (χ0v) is 11.3. The molecular formula is C15H23NO2. The van der Waals surface area contributed by atoms with Gasteiger partial charge in [-0.25, -0.2) is 0 Å². The Balaban J connectivity index is 2.53. The van der Waals surface area contributed by atoms with Crippen molar-refractivity contribution in [2.75, 3.05) is 13.2 Å². The van der Waals surface area contributed by atoms with E-state index in [2.05, 4.69) is 31.3 Å². The van der Waals surface area contributed by atoms with E-state index in [1.165, 1.54) is 11.1 Å². The van der Waals surface area contributed by atoms with Gasteiger partial charge in [-0.3, -0.25) is 4.79 Å². The van der Waals surface area contributed by atoms with Crippen LogP contribution in [0.1, 0.15) is 31.4 Å². The first kappa shape index (κ1) is 14.7. The summed E-state index contributed by atoms with van der Waals surface area (Å²) in [5, 5.41) is 11.3. The fraction of sp³-hybridized carbons (Fsp3) is 0.533. The number of carbonyl (C=O) groups excluding carboxylic acids is 1. The van der Waals surface area contributed by atoms with Gasteiger partial charge < -0.3 is 10.4 Å². The number of aryl methyl sites for hydroxylation is 1. The average molecular weight is 249 g/mol. The molecule has 0 aliphatic rings. The first-order valence-electron chi connectivity index (χ1n) is 6.57. The normalized spacial score (nSPS) is 10.7.